The van der Waals surface area contributed by atoms with E-state index in [1.165, 1.54) is 24.1 Å². The molecule has 0 radical (unpaired) electrons. The third-order valence-electron chi connectivity index (χ3n) is 5.07. The number of Topliss-reactive ketones (excluding diaryl/α,β-unsaturated/α-hetero) is 1. The van der Waals surface area contributed by atoms with Gasteiger partial charge >= 0.3 is 0 Å². The number of rotatable bonds is 8. The highest BCUT2D eigenvalue weighted by Crippen LogP contribution is 2.41. The van der Waals surface area contributed by atoms with Crippen molar-refractivity contribution in [2.75, 3.05) is 26.9 Å². The number of nitrogens with zero attached hydrogens (tertiary/aromatic N) is 1. The second-order valence-corrected chi connectivity index (χ2v) is 8.33. The number of phenols is 1. The number of methoxy groups -OCH3 is 1. The van der Waals surface area contributed by atoms with Crippen molar-refractivity contribution in [2.24, 2.45) is 5.92 Å². The third-order valence-corrected chi connectivity index (χ3v) is 5.38. The van der Waals surface area contributed by atoms with Crippen molar-refractivity contribution in [1.82, 2.24) is 4.90 Å². The van der Waals surface area contributed by atoms with Crippen molar-refractivity contribution in [1.29, 1.82) is 0 Å². The van der Waals surface area contributed by atoms with Gasteiger partial charge in [0.25, 0.3) is 11.7 Å². The van der Waals surface area contributed by atoms with Crippen LogP contribution in [0.15, 0.2) is 48.0 Å². The SMILES string of the molecule is COCCN1C(=O)C(=O)/C(=C(\O)c2ccc(OCC(C)C)cc2)C1c1ccc(O)c(Cl)c1. The number of halogens is 1. The van der Waals surface area contributed by atoms with Crippen LogP contribution in [-0.2, 0) is 14.3 Å². The first kappa shape index (κ1) is 23.6. The Morgan fingerprint density at radius 3 is 2.44 bits per heavy atom. The summed E-state index contributed by atoms with van der Waals surface area (Å²) in [6, 6.07) is 10.2. The Balaban J connectivity index is 2.05. The van der Waals surface area contributed by atoms with Crippen LogP contribution in [0.3, 0.4) is 0 Å². The molecule has 8 heteroatoms. The molecule has 7 nitrogen and oxygen atoms in total. The van der Waals surface area contributed by atoms with Gasteiger partial charge in [0.1, 0.15) is 17.3 Å². The Labute approximate surface area is 191 Å². The zero-order valence-corrected chi connectivity index (χ0v) is 18.9. The van der Waals surface area contributed by atoms with E-state index >= 15 is 0 Å². The van der Waals surface area contributed by atoms with Crippen molar-refractivity contribution in [3.8, 4) is 11.5 Å². The summed E-state index contributed by atoms with van der Waals surface area (Å²) in [5.74, 6) is -0.960. The summed E-state index contributed by atoms with van der Waals surface area (Å²) in [5, 5.41) is 20.9. The molecule has 1 amide bonds. The number of ether oxygens (including phenoxy) is 2. The molecule has 2 N–H and O–H groups in total. The molecule has 32 heavy (non-hydrogen) atoms. The molecular weight excluding hydrogens is 434 g/mol. The molecule has 0 aliphatic carbocycles. The standard InChI is InChI=1S/C24H26ClNO6/c1-14(2)13-32-17-7-4-15(5-8-17)22(28)20-21(16-6-9-19(27)18(25)12-16)26(10-11-31-3)24(30)23(20)29/h4-9,12,14,21,27-28H,10-11,13H2,1-3H3/b22-20-. The van der Waals surface area contributed by atoms with Crippen molar-refractivity contribution >= 4 is 29.1 Å². The van der Waals surface area contributed by atoms with Gasteiger partial charge < -0.3 is 24.6 Å². The Bertz CT molecular complexity index is 1030. The Morgan fingerprint density at radius 2 is 1.84 bits per heavy atom. The molecule has 1 saturated heterocycles. The van der Waals surface area contributed by atoms with Gasteiger partial charge in [0, 0.05) is 19.2 Å². The number of phenolic OH excluding ortho intramolecular Hbond substituents is 1. The zero-order valence-electron chi connectivity index (χ0n) is 18.2. The van der Waals surface area contributed by atoms with Gasteiger partial charge in [-0.1, -0.05) is 31.5 Å². The molecule has 0 spiro atoms. The molecule has 1 atom stereocenters. The monoisotopic (exact) mass is 459 g/mol. The number of amides is 1. The summed E-state index contributed by atoms with van der Waals surface area (Å²) in [4.78, 5) is 27.0. The van der Waals surface area contributed by atoms with E-state index in [9.17, 15) is 19.8 Å². The van der Waals surface area contributed by atoms with Gasteiger partial charge in [-0.05, 0) is 47.9 Å². The number of carbonyl (C=O) groups is 2. The third kappa shape index (κ3) is 4.89. The number of benzene rings is 2. The van der Waals surface area contributed by atoms with E-state index in [4.69, 9.17) is 21.1 Å². The minimum absolute atomic E-state index is 0.0521. The van der Waals surface area contributed by atoms with E-state index in [2.05, 4.69) is 0 Å². The van der Waals surface area contributed by atoms with Crippen LogP contribution in [0.25, 0.3) is 5.76 Å². The maximum Gasteiger partial charge on any atom is 0.295 e. The highest BCUT2D eigenvalue weighted by molar-refractivity contribution is 6.46. The molecule has 0 bridgehead atoms. The summed E-state index contributed by atoms with van der Waals surface area (Å²) in [6.45, 7) is 4.98. The maximum atomic E-state index is 12.9. The van der Waals surface area contributed by atoms with E-state index in [0.29, 0.717) is 29.4 Å². The summed E-state index contributed by atoms with van der Waals surface area (Å²) >= 11 is 6.08. The lowest BCUT2D eigenvalue weighted by molar-refractivity contribution is -0.140. The van der Waals surface area contributed by atoms with Gasteiger partial charge in [-0.25, -0.2) is 0 Å². The number of hydrogen-bond acceptors (Lipinski definition) is 6. The second-order valence-electron chi connectivity index (χ2n) is 7.93. The van der Waals surface area contributed by atoms with E-state index in [1.54, 1.807) is 30.3 Å². The summed E-state index contributed by atoms with van der Waals surface area (Å²) < 4.78 is 10.7. The van der Waals surface area contributed by atoms with Gasteiger partial charge in [-0.2, -0.15) is 0 Å². The van der Waals surface area contributed by atoms with Crippen LogP contribution in [0.1, 0.15) is 31.0 Å². The zero-order chi connectivity index (χ0) is 23.4. The minimum atomic E-state index is -0.875. The Morgan fingerprint density at radius 1 is 1.16 bits per heavy atom. The molecule has 2 aromatic rings. The molecular formula is C24H26ClNO6. The van der Waals surface area contributed by atoms with Gasteiger partial charge in [0.15, 0.2) is 0 Å². The topological polar surface area (TPSA) is 96.3 Å². The number of aliphatic hydroxyl groups excluding tert-OH is 1. The second kappa shape index (κ2) is 10.1. The van der Waals surface area contributed by atoms with Gasteiger partial charge in [0.05, 0.1) is 29.9 Å². The van der Waals surface area contributed by atoms with E-state index in [1.807, 2.05) is 13.8 Å². The van der Waals surface area contributed by atoms with E-state index < -0.39 is 17.7 Å². The number of carbonyl (C=O) groups excluding carboxylic acids is 2. The first-order valence-corrected chi connectivity index (χ1v) is 10.6. The Hall–Kier alpha value is -3.03. The smallest absolute Gasteiger partial charge is 0.295 e. The lowest BCUT2D eigenvalue weighted by Crippen LogP contribution is -2.32. The molecule has 0 saturated carbocycles. The predicted octanol–water partition coefficient (Wildman–Crippen LogP) is 4.15. The van der Waals surface area contributed by atoms with Crippen LogP contribution in [0.2, 0.25) is 5.02 Å². The highest BCUT2D eigenvalue weighted by atomic mass is 35.5. The lowest BCUT2D eigenvalue weighted by Gasteiger charge is -2.25. The van der Waals surface area contributed by atoms with Crippen LogP contribution in [0.4, 0.5) is 0 Å². The molecule has 1 aliphatic heterocycles. The quantitative estimate of drug-likeness (QED) is 0.350. The largest absolute Gasteiger partial charge is 0.507 e. The highest BCUT2D eigenvalue weighted by Gasteiger charge is 2.46. The number of aromatic hydroxyl groups is 1. The fourth-order valence-electron chi connectivity index (χ4n) is 3.47. The minimum Gasteiger partial charge on any atom is -0.507 e. The predicted molar refractivity (Wildman–Crippen MR) is 121 cm³/mol. The van der Waals surface area contributed by atoms with E-state index in [0.717, 1.165) is 0 Å². The lowest BCUT2D eigenvalue weighted by atomic mass is 9.95. The molecule has 1 unspecified atom stereocenters. The van der Waals surface area contributed by atoms with Gasteiger partial charge in [-0.3, -0.25) is 9.59 Å². The molecule has 1 heterocycles. The molecule has 2 aromatic carbocycles. The first-order chi connectivity index (χ1) is 15.2. The number of aliphatic hydroxyl groups is 1. The van der Waals surface area contributed by atoms with Crippen molar-refractivity contribution in [3.63, 3.8) is 0 Å². The average molecular weight is 460 g/mol. The van der Waals surface area contributed by atoms with Crippen molar-refractivity contribution in [3.05, 3.63) is 64.2 Å². The average Bonchev–Trinajstić information content (AvgIpc) is 3.02. The fourth-order valence-corrected chi connectivity index (χ4v) is 3.66. The summed E-state index contributed by atoms with van der Waals surface area (Å²) in [5.41, 5.74) is 0.812. The summed E-state index contributed by atoms with van der Waals surface area (Å²) in [7, 11) is 1.49. The molecule has 1 fully saturated rings. The van der Waals surface area contributed by atoms with Crippen LogP contribution >= 0.6 is 11.6 Å². The van der Waals surface area contributed by atoms with Crippen molar-refractivity contribution in [2.45, 2.75) is 19.9 Å². The first-order valence-electron chi connectivity index (χ1n) is 10.2. The van der Waals surface area contributed by atoms with Crippen LogP contribution in [-0.4, -0.2) is 53.7 Å². The molecule has 1 aliphatic rings. The normalized spacial score (nSPS) is 17.9. The van der Waals surface area contributed by atoms with Gasteiger partial charge in [0.2, 0.25) is 0 Å². The van der Waals surface area contributed by atoms with Crippen LogP contribution in [0, 0.1) is 5.92 Å². The Kier molecular flexibility index (Phi) is 7.43. The van der Waals surface area contributed by atoms with Crippen molar-refractivity contribution < 1.29 is 29.3 Å². The summed E-state index contributed by atoms with van der Waals surface area (Å²) in [6.07, 6.45) is 0. The van der Waals surface area contributed by atoms with Gasteiger partial charge in [-0.15, -0.1) is 0 Å². The molecule has 3 rings (SSSR count). The molecule has 0 aromatic heterocycles. The number of hydrogen-bond donors (Lipinski definition) is 2. The molecule has 170 valence electrons. The number of ketones is 1. The fraction of sp³-hybridized carbons (Fsp3) is 0.333. The number of likely N-dealkylation sites (tertiary alicyclic amines) is 1. The van der Waals surface area contributed by atoms with E-state index in [-0.39, 0.29) is 35.3 Å². The maximum absolute atomic E-state index is 12.9. The van der Waals surface area contributed by atoms with Crippen LogP contribution < -0.4 is 4.74 Å². The van der Waals surface area contributed by atoms with Crippen LogP contribution in [0.5, 0.6) is 11.5 Å².